The fourth-order valence-corrected chi connectivity index (χ4v) is 3.15. The van der Waals surface area contributed by atoms with Gasteiger partial charge in [-0.15, -0.1) is 0 Å². The summed E-state index contributed by atoms with van der Waals surface area (Å²) in [7, 11) is 0. The summed E-state index contributed by atoms with van der Waals surface area (Å²) in [4.78, 5) is 25.1. The Morgan fingerprint density at radius 3 is 2.63 bits per heavy atom. The van der Waals surface area contributed by atoms with Crippen LogP contribution in [0.1, 0.15) is 41.6 Å². The minimum Gasteiger partial charge on any atom is -0.463 e. The standard InChI is InChI=1S/C19H23N3O5/c1-13-5-8-17(27-13)19(2,24)12-20-14-6-7-16(22(25)26)15(11-14)18(23)21-9-3-4-10-21/h5-8,11,20,24H,3-4,9-10,12H2,1-2H3. The highest BCUT2D eigenvalue weighted by atomic mass is 16.6. The summed E-state index contributed by atoms with van der Waals surface area (Å²) < 4.78 is 5.48. The van der Waals surface area contributed by atoms with Crippen LogP contribution < -0.4 is 5.32 Å². The molecule has 0 aliphatic carbocycles. The lowest BCUT2D eigenvalue weighted by Crippen LogP contribution is -2.31. The van der Waals surface area contributed by atoms with Gasteiger partial charge in [0.25, 0.3) is 11.6 Å². The maximum Gasteiger partial charge on any atom is 0.282 e. The van der Waals surface area contributed by atoms with Crippen molar-refractivity contribution in [2.45, 2.75) is 32.3 Å². The predicted octanol–water partition coefficient (Wildman–Crippen LogP) is 3.05. The van der Waals surface area contributed by atoms with E-state index in [1.807, 2.05) is 0 Å². The fourth-order valence-electron chi connectivity index (χ4n) is 3.15. The van der Waals surface area contributed by atoms with Crippen LogP contribution in [0, 0.1) is 17.0 Å². The van der Waals surface area contributed by atoms with Crippen LogP contribution in [0.3, 0.4) is 0 Å². The van der Waals surface area contributed by atoms with Gasteiger partial charge in [-0.3, -0.25) is 14.9 Å². The van der Waals surface area contributed by atoms with Gasteiger partial charge in [0.15, 0.2) is 0 Å². The molecule has 1 aromatic heterocycles. The third kappa shape index (κ3) is 4.11. The number of likely N-dealkylation sites (tertiary alicyclic amines) is 1. The van der Waals surface area contributed by atoms with Crippen molar-refractivity contribution >= 4 is 17.3 Å². The Bertz CT molecular complexity index is 853. The van der Waals surface area contributed by atoms with Gasteiger partial charge in [0, 0.05) is 24.8 Å². The molecular formula is C19H23N3O5. The second-order valence-corrected chi connectivity index (χ2v) is 7.03. The number of hydrogen-bond donors (Lipinski definition) is 2. The monoisotopic (exact) mass is 373 g/mol. The Labute approximate surface area is 156 Å². The van der Waals surface area contributed by atoms with Crippen LogP contribution in [0.4, 0.5) is 11.4 Å². The number of benzene rings is 1. The van der Waals surface area contributed by atoms with Crippen molar-refractivity contribution in [1.82, 2.24) is 4.90 Å². The van der Waals surface area contributed by atoms with E-state index in [2.05, 4.69) is 5.32 Å². The fraction of sp³-hybridized carbons (Fsp3) is 0.421. The van der Waals surface area contributed by atoms with E-state index in [4.69, 9.17) is 4.42 Å². The summed E-state index contributed by atoms with van der Waals surface area (Å²) in [6, 6.07) is 7.79. The summed E-state index contributed by atoms with van der Waals surface area (Å²) in [5, 5.41) is 25.0. The van der Waals surface area contributed by atoms with Crippen LogP contribution in [-0.4, -0.2) is 40.5 Å². The van der Waals surface area contributed by atoms with Crippen LogP contribution in [0.2, 0.25) is 0 Å². The second kappa shape index (κ2) is 7.40. The largest absolute Gasteiger partial charge is 0.463 e. The van der Waals surface area contributed by atoms with Crippen molar-refractivity contribution in [1.29, 1.82) is 0 Å². The van der Waals surface area contributed by atoms with E-state index in [-0.39, 0.29) is 23.7 Å². The number of aryl methyl sites for hydroxylation is 1. The van der Waals surface area contributed by atoms with Gasteiger partial charge >= 0.3 is 0 Å². The number of carbonyl (C=O) groups is 1. The molecule has 2 heterocycles. The van der Waals surface area contributed by atoms with Crippen molar-refractivity contribution in [3.05, 3.63) is 57.5 Å². The molecule has 1 aliphatic rings. The highest BCUT2D eigenvalue weighted by molar-refractivity contribution is 5.99. The first-order chi connectivity index (χ1) is 12.8. The molecule has 0 bridgehead atoms. The molecule has 2 aromatic rings. The van der Waals surface area contributed by atoms with E-state index >= 15 is 0 Å². The lowest BCUT2D eigenvalue weighted by atomic mass is 10.0. The lowest BCUT2D eigenvalue weighted by Gasteiger charge is -2.22. The third-order valence-electron chi connectivity index (χ3n) is 4.72. The van der Waals surface area contributed by atoms with Gasteiger partial charge in [-0.05, 0) is 51.0 Å². The number of anilines is 1. The third-order valence-corrected chi connectivity index (χ3v) is 4.72. The molecule has 0 radical (unpaired) electrons. The number of rotatable bonds is 6. The molecule has 8 heteroatoms. The minimum absolute atomic E-state index is 0.0559. The zero-order valence-corrected chi connectivity index (χ0v) is 15.4. The molecule has 1 aliphatic heterocycles. The van der Waals surface area contributed by atoms with Crippen molar-refractivity contribution in [3.63, 3.8) is 0 Å². The number of nitro groups is 1. The number of nitro benzene ring substituents is 1. The van der Waals surface area contributed by atoms with Gasteiger partial charge in [-0.25, -0.2) is 0 Å². The van der Waals surface area contributed by atoms with E-state index in [0.717, 1.165) is 12.8 Å². The summed E-state index contributed by atoms with van der Waals surface area (Å²) in [5.74, 6) is 0.776. The molecule has 144 valence electrons. The summed E-state index contributed by atoms with van der Waals surface area (Å²) in [6.45, 7) is 4.75. The first-order valence-electron chi connectivity index (χ1n) is 8.89. The zero-order valence-electron chi connectivity index (χ0n) is 15.4. The average Bonchev–Trinajstić information content (AvgIpc) is 3.31. The smallest absolute Gasteiger partial charge is 0.282 e. The van der Waals surface area contributed by atoms with Crippen LogP contribution >= 0.6 is 0 Å². The SMILES string of the molecule is Cc1ccc(C(C)(O)CNc2ccc([N+](=O)[O-])c(C(=O)N3CCCC3)c2)o1. The van der Waals surface area contributed by atoms with Gasteiger partial charge in [-0.1, -0.05) is 0 Å². The van der Waals surface area contributed by atoms with E-state index in [0.29, 0.717) is 30.3 Å². The number of hydrogen-bond acceptors (Lipinski definition) is 6. The first kappa shape index (κ1) is 18.9. The number of aliphatic hydroxyl groups is 1. The van der Waals surface area contributed by atoms with Crippen molar-refractivity contribution in [2.75, 3.05) is 25.0 Å². The predicted molar refractivity (Wildman–Crippen MR) is 99.7 cm³/mol. The molecule has 2 N–H and O–H groups in total. The summed E-state index contributed by atoms with van der Waals surface area (Å²) >= 11 is 0. The number of furan rings is 1. The molecule has 1 fully saturated rings. The van der Waals surface area contributed by atoms with Crippen LogP contribution in [0.15, 0.2) is 34.7 Å². The molecule has 1 unspecified atom stereocenters. The van der Waals surface area contributed by atoms with Crippen LogP contribution in [-0.2, 0) is 5.60 Å². The summed E-state index contributed by atoms with van der Waals surface area (Å²) in [6.07, 6.45) is 1.81. The number of nitrogens with zero attached hydrogens (tertiary/aromatic N) is 2. The van der Waals surface area contributed by atoms with Crippen LogP contribution in [0.25, 0.3) is 0 Å². The van der Waals surface area contributed by atoms with Crippen LogP contribution in [0.5, 0.6) is 0 Å². The molecule has 1 saturated heterocycles. The Balaban J connectivity index is 1.80. The van der Waals surface area contributed by atoms with Crippen molar-refractivity contribution < 1.29 is 19.2 Å². The second-order valence-electron chi connectivity index (χ2n) is 7.03. The molecule has 0 spiro atoms. The van der Waals surface area contributed by atoms with Gasteiger partial charge in [0.1, 0.15) is 22.7 Å². The normalized spacial score (nSPS) is 16.2. The number of nitrogens with one attached hydrogen (secondary N) is 1. The van der Waals surface area contributed by atoms with E-state index in [1.54, 1.807) is 30.9 Å². The summed E-state index contributed by atoms with van der Waals surface area (Å²) in [5.41, 5.74) is -0.909. The molecule has 1 aromatic carbocycles. The van der Waals surface area contributed by atoms with Gasteiger partial charge in [0.05, 0.1) is 11.5 Å². The van der Waals surface area contributed by atoms with E-state index < -0.39 is 10.5 Å². The Kier molecular flexibility index (Phi) is 5.18. The number of amides is 1. The molecule has 1 atom stereocenters. The van der Waals surface area contributed by atoms with E-state index in [9.17, 15) is 20.0 Å². The molecule has 8 nitrogen and oxygen atoms in total. The maximum absolute atomic E-state index is 12.7. The molecule has 0 saturated carbocycles. The minimum atomic E-state index is -1.27. The lowest BCUT2D eigenvalue weighted by molar-refractivity contribution is -0.385. The van der Waals surface area contributed by atoms with Crippen molar-refractivity contribution in [3.8, 4) is 0 Å². The molecular weight excluding hydrogens is 350 g/mol. The topological polar surface area (TPSA) is 109 Å². The molecule has 27 heavy (non-hydrogen) atoms. The van der Waals surface area contributed by atoms with E-state index in [1.165, 1.54) is 18.2 Å². The average molecular weight is 373 g/mol. The Morgan fingerprint density at radius 2 is 2.04 bits per heavy atom. The Morgan fingerprint density at radius 1 is 1.33 bits per heavy atom. The first-order valence-corrected chi connectivity index (χ1v) is 8.89. The van der Waals surface area contributed by atoms with Gasteiger partial charge in [-0.2, -0.15) is 0 Å². The Hall–Kier alpha value is -2.87. The van der Waals surface area contributed by atoms with Crippen molar-refractivity contribution in [2.24, 2.45) is 0 Å². The zero-order chi connectivity index (χ0) is 19.6. The van der Waals surface area contributed by atoms with Gasteiger partial charge in [0.2, 0.25) is 0 Å². The highest BCUT2D eigenvalue weighted by Gasteiger charge is 2.29. The molecule has 3 rings (SSSR count). The highest BCUT2D eigenvalue weighted by Crippen LogP contribution is 2.28. The molecule has 1 amide bonds. The quantitative estimate of drug-likeness (QED) is 0.595. The number of carbonyl (C=O) groups excluding carboxylic acids is 1. The maximum atomic E-state index is 12.7. The van der Waals surface area contributed by atoms with Gasteiger partial charge < -0.3 is 19.7 Å².